The highest BCUT2D eigenvalue weighted by Gasteiger charge is 2.52. The average molecular weight is 464 g/mol. The van der Waals surface area contributed by atoms with Gasteiger partial charge in [-0.1, -0.05) is 37.6 Å². The van der Waals surface area contributed by atoms with Crippen LogP contribution in [0.5, 0.6) is 0 Å². The van der Waals surface area contributed by atoms with Crippen molar-refractivity contribution in [1.29, 1.82) is 0 Å². The van der Waals surface area contributed by atoms with E-state index in [0.717, 1.165) is 49.0 Å². The van der Waals surface area contributed by atoms with Crippen LogP contribution in [0, 0.1) is 12.8 Å². The summed E-state index contributed by atoms with van der Waals surface area (Å²) < 4.78 is 1.88. The topological polar surface area (TPSA) is 96.3 Å². The molecule has 3 aliphatic rings. The highest BCUT2D eigenvalue weighted by Crippen LogP contribution is 2.38. The Morgan fingerprint density at radius 2 is 1.97 bits per heavy atom. The van der Waals surface area contributed by atoms with Crippen LogP contribution in [0.2, 0.25) is 0 Å². The van der Waals surface area contributed by atoms with Gasteiger partial charge in [0.15, 0.2) is 0 Å². The summed E-state index contributed by atoms with van der Waals surface area (Å²) in [5, 5.41) is 10.4. The van der Waals surface area contributed by atoms with Crippen LogP contribution in [0.1, 0.15) is 74.6 Å². The van der Waals surface area contributed by atoms with Gasteiger partial charge in [0.2, 0.25) is 5.91 Å². The minimum absolute atomic E-state index is 0.0442. The predicted octanol–water partition coefficient (Wildman–Crippen LogP) is 3.95. The molecule has 1 aliphatic heterocycles. The first-order chi connectivity index (χ1) is 16.4. The summed E-state index contributed by atoms with van der Waals surface area (Å²) in [6.07, 6.45) is 8.99. The van der Waals surface area contributed by atoms with Crippen LogP contribution < -0.4 is 10.6 Å². The van der Waals surface area contributed by atoms with Gasteiger partial charge in [-0.25, -0.2) is 9.48 Å². The summed E-state index contributed by atoms with van der Waals surface area (Å²) in [4.78, 5) is 40.0. The average Bonchev–Trinajstić information content (AvgIpc) is 3.31. The van der Waals surface area contributed by atoms with Crippen LogP contribution in [0.4, 0.5) is 10.6 Å². The van der Waals surface area contributed by atoms with E-state index in [-0.39, 0.29) is 18.5 Å². The Morgan fingerprint density at radius 3 is 2.74 bits per heavy atom. The zero-order valence-electron chi connectivity index (χ0n) is 20.0. The quantitative estimate of drug-likeness (QED) is 0.657. The smallest absolute Gasteiger partial charge is 0.323 e. The van der Waals surface area contributed by atoms with Crippen molar-refractivity contribution in [3.8, 4) is 0 Å². The highest BCUT2D eigenvalue weighted by molar-refractivity contribution is 6.10. The molecule has 1 unspecified atom stereocenters. The standard InChI is InChI=1S/C26H33N5O3/c1-3-18-11-13-26(14-12-18)24(33)30(25(34)29-26)16-22(32)28-23-17(2)15-27-31(23)21-10-6-8-19-7-4-5-9-20(19)21/h4-5,7,9,15,18,21H,3,6,8,10-14,16H2,1-2H3,(H,28,32)(H,29,34). The molecule has 1 saturated heterocycles. The molecule has 2 N–H and O–H groups in total. The van der Waals surface area contributed by atoms with Gasteiger partial charge in [-0.05, 0) is 68.9 Å². The molecule has 5 rings (SSSR count). The number of nitrogens with one attached hydrogen (secondary N) is 2. The molecule has 1 spiro atoms. The number of urea groups is 1. The summed E-state index contributed by atoms with van der Waals surface area (Å²) >= 11 is 0. The second kappa shape index (κ2) is 8.89. The maximum absolute atomic E-state index is 13.2. The Kier molecular flexibility index (Phi) is 5.91. The Morgan fingerprint density at radius 1 is 1.21 bits per heavy atom. The summed E-state index contributed by atoms with van der Waals surface area (Å²) in [5.41, 5.74) is 2.55. The maximum atomic E-state index is 13.2. The first-order valence-electron chi connectivity index (χ1n) is 12.5. The number of benzene rings is 1. The fourth-order valence-corrected chi connectivity index (χ4v) is 5.88. The van der Waals surface area contributed by atoms with Gasteiger partial charge in [-0.2, -0.15) is 5.10 Å². The first-order valence-corrected chi connectivity index (χ1v) is 12.5. The van der Waals surface area contributed by atoms with E-state index < -0.39 is 17.5 Å². The third-order valence-electron chi connectivity index (χ3n) is 7.95. The number of carbonyl (C=O) groups excluding carboxylic acids is 3. The molecule has 4 amide bonds. The van der Waals surface area contributed by atoms with Crippen molar-refractivity contribution in [1.82, 2.24) is 20.0 Å². The Labute approximate surface area is 200 Å². The van der Waals surface area contributed by atoms with Gasteiger partial charge in [0.1, 0.15) is 17.9 Å². The molecule has 180 valence electrons. The molecule has 1 saturated carbocycles. The SMILES string of the molecule is CCC1CCC2(CC1)NC(=O)N(CC(=O)Nc1c(C)cnn1C1CCCc3ccccc31)C2=O. The van der Waals surface area contributed by atoms with E-state index in [2.05, 4.69) is 40.9 Å². The van der Waals surface area contributed by atoms with E-state index in [0.29, 0.717) is 24.6 Å². The molecular weight excluding hydrogens is 430 g/mol. The molecular formula is C26H33N5O3. The lowest BCUT2D eigenvalue weighted by Gasteiger charge is -2.34. The van der Waals surface area contributed by atoms with Crippen molar-refractivity contribution in [2.75, 3.05) is 11.9 Å². The number of aromatic nitrogens is 2. The second-order valence-electron chi connectivity index (χ2n) is 10.0. The molecule has 1 aromatic carbocycles. The van der Waals surface area contributed by atoms with E-state index in [1.165, 1.54) is 11.1 Å². The van der Waals surface area contributed by atoms with Crippen molar-refractivity contribution in [3.63, 3.8) is 0 Å². The first kappa shape index (κ1) is 22.6. The number of carbonyl (C=O) groups is 3. The van der Waals surface area contributed by atoms with Gasteiger partial charge in [0, 0.05) is 5.56 Å². The van der Waals surface area contributed by atoms with Crippen LogP contribution in [0.3, 0.4) is 0 Å². The van der Waals surface area contributed by atoms with Gasteiger partial charge in [0.25, 0.3) is 5.91 Å². The highest BCUT2D eigenvalue weighted by atomic mass is 16.2. The van der Waals surface area contributed by atoms with Crippen LogP contribution in [-0.2, 0) is 16.0 Å². The third kappa shape index (κ3) is 3.89. The number of anilines is 1. The zero-order valence-corrected chi connectivity index (χ0v) is 20.0. The number of aryl methyl sites for hydroxylation is 2. The molecule has 2 heterocycles. The lowest BCUT2D eigenvalue weighted by atomic mass is 9.75. The number of amides is 4. The Hall–Kier alpha value is -3.16. The molecule has 1 atom stereocenters. The molecule has 1 aromatic heterocycles. The fourth-order valence-electron chi connectivity index (χ4n) is 5.88. The molecule has 34 heavy (non-hydrogen) atoms. The van der Waals surface area contributed by atoms with Crippen molar-refractivity contribution in [2.45, 2.75) is 76.8 Å². The van der Waals surface area contributed by atoms with E-state index in [9.17, 15) is 14.4 Å². The van der Waals surface area contributed by atoms with Crippen molar-refractivity contribution in [3.05, 3.63) is 47.2 Å². The van der Waals surface area contributed by atoms with Crippen LogP contribution >= 0.6 is 0 Å². The number of imide groups is 1. The van der Waals surface area contributed by atoms with Gasteiger partial charge < -0.3 is 10.6 Å². The molecule has 0 bridgehead atoms. The van der Waals surface area contributed by atoms with Crippen molar-refractivity contribution < 1.29 is 14.4 Å². The zero-order chi connectivity index (χ0) is 23.9. The summed E-state index contributed by atoms with van der Waals surface area (Å²) in [6.45, 7) is 3.77. The number of rotatable bonds is 5. The number of fused-ring (bicyclic) bond motifs is 1. The molecule has 8 heteroatoms. The molecule has 2 aliphatic carbocycles. The van der Waals surface area contributed by atoms with E-state index >= 15 is 0 Å². The van der Waals surface area contributed by atoms with Gasteiger partial charge >= 0.3 is 6.03 Å². The van der Waals surface area contributed by atoms with Crippen molar-refractivity contribution in [2.24, 2.45) is 5.92 Å². The lowest BCUT2D eigenvalue weighted by molar-refractivity contribution is -0.135. The maximum Gasteiger partial charge on any atom is 0.325 e. The second-order valence-corrected chi connectivity index (χ2v) is 10.0. The van der Waals surface area contributed by atoms with Gasteiger partial charge in [-0.15, -0.1) is 0 Å². The minimum atomic E-state index is -0.841. The predicted molar refractivity (Wildman–Crippen MR) is 128 cm³/mol. The fraction of sp³-hybridized carbons (Fsp3) is 0.538. The number of hydrogen-bond donors (Lipinski definition) is 2. The summed E-state index contributed by atoms with van der Waals surface area (Å²) in [7, 11) is 0. The third-order valence-corrected chi connectivity index (χ3v) is 7.95. The van der Waals surface area contributed by atoms with Crippen molar-refractivity contribution >= 4 is 23.7 Å². The molecule has 0 radical (unpaired) electrons. The Balaban J connectivity index is 1.31. The van der Waals surface area contributed by atoms with E-state index in [4.69, 9.17) is 0 Å². The Bertz CT molecular complexity index is 1120. The summed E-state index contributed by atoms with van der Waals surface area (Å²) in [6, 6.07) is 7.94. The largest absolute Gasteiger partial charge is 0.325 e. The van der Waals surface area contributed by atoms with E-state index in [1.807, 2.05) is 17.7 Å². The lowest BCUT2D eigenvalue weighted by Crippen LogP contribution is -2.49. The number of nitrogens with zero attached hydrogens (tertiary/aromatic N) is 3. The van der Waals surface area contributed by atoms with Gasteiger partial charge in [-0.3, -0.25) is 14.5 Å². The molecule has 2 aromatic rings. The molecule has 2 fully saturated rings. The van der Waals surface area contributed by atoms with E-state index in [1.54, 1.807) is 6.20 Å². The normalized spacial score (nSPS) is 26.5. The summed E-state index contributed by atoms with van der Waals surface area (Å²) in [5.74, 6) is 0.558. The monoisotopic (exact) mass is 463 g/mol. The van der Waals surface area contributed by atoms with Gasteiger partial charge in [0.05, 0.1) is 12.2 Å². The van der Waals surface area contributed by atoms with Crippen LogP contribution in [-0.4, -0.2) is 44.6 Å². The molecule has 8 nitrogen and oxygen atoms in total. The number of hydrogen-bond acceptors (Lipinski definition) is 4. The minimum Gasteiger partial charge on any atom is -0.323 e. The van der Waals surface area contributed by atoms with Crippen LogP contribution in [0.25, 0.3) is 0 Å². The van der Waals surface area contributed by atoms with Crippen LogP contribution in [0.15, 0.2) is 30.5 Å².